The van der Waals surface area contributed by atoms with E-state index in [1.807, 2.05) is 19.2 Å². The molecule has 0 saturated carbocycles. The molecule has 88 valence electrons. The first-order valence-electron chi connectivity index (χ1n) is 5.30. The summed E-state index contributed by atoms with van der Waals surface area (Å²) in [6.45, 7) is 0.693. The van der Waals surface area contributed by atoms with Gasteiger partial charge in [0.15, 0.2) is 0 Å². The van der Waals surface area contributed by atoms with Crippen molar-refractivity contribution in [3.8, 4) is 0 Å². The largest absolute Gasteiger partial charge is 0.481 e. The third-order valence-corrected chi connectivity index (χ3v) is 3.18. The minimum atomic E-state index is -0.797. The molecule has 3 unspecified atom stereocenters. The molecule has 16 heavy (non-hydrogen) atoms. The fourth-order valence-electron chi connectivity index (χ4n) is 2.45. The molecule has 5 nitrogen and oxygen atoms in total. The Morgan fingerprint density at radius 2 is 2.50 bits per heavy atom. The van der Waals surface area contributed by atoms with Crippen molar-refractivity contribution in [2.24, 2.45) is 11.7 Å². The summed E-state index contributed by atoms with van der Waals surface area (Å²) < 4.78 is 5.34. The van der Waals surface area contributed by atoms with E-state index >= 15 is 0 Å². The molecule has 0 amide bonds. The lowest BCUT2D eigenvalue weighted by Gasteiger charge is -2.20. The van der Waals surface area contributed by atoms with Crippen LogP contribution in [0.1, 0.15) is 18.2 Å². The van der Waals surface area contributed by atoms with Crippen molar-refractivity contribution in [3.63, 3.8) is 0 Å². The van der Waals surface area contributed by atoms with Crippen LogP contribution >= 0.6 is 0 Å². The molecule has 1 saturated heterocycles. The summed E-state index contributed by atoms with van der Waals surface area (Å²) in [5, 5.41) is 8.80. The number of likely N-dealkylation sites (tertiary alicyclic amines) is 1. The number of rotatable bonds is 3. The first kappa shape index (κ1) is 11.2. The van der Waals surface area contributed by atoms with Gasteiger partial charge in [0.05, 0.1) is 18.7 Å². The molecule has 1 fully saturated rings. The van der Waals surface area contributed by atoms with E-state index in [2.05, 4.69) is 4.90 Å². The number of carbonyl (C=O) groups is 1. The lowest BCUT2D eigenvalue weighted by atomic mass is 9.95. The van der Waals surface area contributed by atoms with Gasteiger partial charge in [-0.1, -0.05) is 0 Å². The average molecular weight is 224 g/mol. The van der Waals surface area contributed by atoms with Crippen LogP contribution in [0.3, 0.4) is 0 Å². The maximum absolute atomic E-state index is 10.7. The summed E-state index contributed by atoms with van der Waals surface area (Å²) in [7, 11) is 1.94. The summed E-state index contributed by atoms with van der Waals surface area (Å²) in [4.78, 5) is 12.8. The minimum Gasteiger partial charge on any atom is -0.481 e. The Hall–Kier alpha value is -1.33. The quantitative estimate of drug-likeness (QED) is 0.789. The number of aliphatic carboxylic acids is 1. The molecule has 5 heteroatoms. The average Bonchev–Trinajstić information content (AvgIpc) is 2.76. The second-order valence-electron chi connectivity index (χ2n) is 4.34. The second kappa shape index (κ2) is 4.27. The zero-order valence-corrected chi connectivity index (χ0v) is 9.17. The van der Waals surface area contributed by atoms with Crippen molar-refractivity contribution in [2.45, 2.75) is 18.5 Å². The molecule has 0 radical (unpaired) electrons. The first-order chi connectivity index (χ1) is 7.59. The van der Waals surface area contributed by atoms with E-state index in [1.165, 1.54) is 0 Å². The van der Waals surface area contributed by atoms with Crippen LogP contribution in [-0.4, -0.2) is 35.6 Å². The van der Waals surface area contributed by atoms with Gasteiger partial charge in [0.1, 0.15) is 5.76 Å². The topological polar surface area (TPSA) is 79.7 Å². The van der Waals surface area contributed by atoms with Gasteiger partial charge in [-0.3, -0.25) is 9.69 Å². The lowest BCUT2D eigenvalue weighted by Crippen LogP contribution is -2.33. The molecular weight excluding hydrogens is 208 g/mol. The maximum atomic E-state index is 10.7. The van der Waals surface area contributed by atoms with E-state index < -0.39 is 5.97 Å². The monoisotopic (exact) mass is 224 g/mol. The van der Waals surface area contributed by atoms with Crippen molar-refractivity contribution < 1.29 is 14.3 Å². The molecular formula is C11H16N2O3. The highest BCUT2D eigenvalue weighted by Gasteiger charge is 2.40. The number of likely N-dealkylation sites (N-methyl/N-ethyl adjacent to an activating group) is 1. The second-order valence-corrected chi connectivity index (χ2v) is 4.34. The number of furan rings is 1. The standard InChI is InChI=1S/C11H16N2O3/c1-13-6-7(5-9(14)15)10(12)11(13)8-3-2-4-16-8/h2-4,7,10-11H,5-6,12H2,1H3,(H,14,15). The van der Waals surface area contributed by atoms with Gasteiger partial charge in [-0.25, -0.2) is 0 Å². The van der Waals surface area contributed by atoms with Gasteiger partial charge in [0.2, 0.25) is 0 Å². The van der Waals surface area contributed by atoms with E-state index in [1.54, 1.807) is 6.26 Å². The van der Waals surface area contributed by atoms with Gasteiger partial charge >= 0.3 is 5.97 Å². The highest BCUT2D eigenvalue weighted by molar-refractivity contribution is 5.67. The van der Waals surface area contributed by atoms with Crippen LogP contribution in [0.5, 0.6) is 0 Å². The van der Waals surface area contributed by atoms with E-state index in [9.17, 15) is 4.79 Å². The van der Waals surface area contributed by atoms with Gasteiger partial charge in [-0.05, 0) is 25.1 Å². The molecule has 1 aliphatic heterocycles. The van der Waals surface area contributed by atoms with Crippen LogP contribution in [0.4, 0.5) is 0 Å². The van der Waals surface area contributed by atoms with Crippen LogP contribution < -0.4 is 5.73 Å². The molecule has 0 aliphatic carbocycles. The third kappa shape index (κ3) is 1.96. The van der Waals surface area contributed by atoms with Crippen LogP contribution in [0, 0.1) is 5.92 Å². The van der Waals surface area contributed by atoms with Gasteiger partial charge < -0.3 is 15.3 Å². The summed E-state index contributed by atoms with van der Waals surface area (Å²) in [5.41, 5.74) is 6.09. The highest BCUT2D eigenvalue weighted by Crippen LogP contribution is 2.34. The Balaban J connectivity index is 2.13. The van der Waals surface area contributed by atoms with Gasteiger partial charge in [-0.15, -0.1) is 0 Å². The predicted molar refractivity (Wildman–Crippen MR) is 57.8 cm³/mol. The van der Waals surface area contributed by atoms with Crippen LogP contribution in [-0.2, 0) is 4.79 Å². The van der Waals surface area contributed by atoms with Crippen molar-refractivity contribution in [1.29, 1.82) is 0 Å². The number of hydrogen-bond donors (Lipinski definition) is 2. The number of carboxylic acids is 1. The molecule has 2 heterocycles. The molecule has 3 N–H and O–H groups in total. The first-order valence-corrected chi connectivity index (χ1v) is 5.30. The SMILES string of the molecule is CN1CC(CC(=O)O)C(N)C1c1ccco1. The Morgan fingerprint density at radius 1 is 1.75 bits per heavy atom. The Kier molecular flexibility index (Phi) is 2.98. The molecule has 0 aromatic carbocycles. The molecule has 0 bridgehead atoms. The molecule has 1 aromatic heterocycles. The molecule has 0 spiro atoms. The van der Waals surface area contributed by atoms with Gasteiger partial charge in [0.25, 0.3) is 0 Å². The lowest BCUT2D eigenvalue weighted by molar-refractivity contribution is -0.138. The minimum absolute atomic E-state index is 0.0145. The molecule has 2 rings (SSSR count). The Bertz CT molecular complexity index is 363. The number of nitrogens with two attached hydrogens (primary N) is 1. The van der Waals surface area contributed by atoms with Crippen molar-refractivity contribution >= 4 is 5.97 Å². The van der Waals surface area contributed by atoms with E-state index in [4.69, 9.17) is 15.3 Å². The fourth-order valence-corrected chi connectivity index (χ4v) is 2.45. The smallest absolute Gasteiger partial charge is 0.303 e. The summed E-state index contributed by atoms with van der Waals surface area (Å²) in [6.07, 6.45) is 1.73. The number of nitrogens with zero attached hydrogens (tertiary/aromatic N) is 1. The zero-order valence-electron chi connectivity index (χ0n) is 9.17. The van der Waals surface area contributed by atoms with Crippen LogP contribution in [0.15, 0.2) is 22.8 Å². The Labute approximate surface area is 93.8 Å². The normalized spacial score (nSPS) is 30.8. The molecule has 3 atom stereocenters. The van der Waals surface area contributed by atoms with Crippen molar-refractivity contribution in [1.82, 2.24) is 4.90 Å². The van der Waals surface area contributed by atoms with Gasteiger partial charge in [-0.2, -0.15) is 0 Å². The number of carboxylic acid groups (broad SMARTS) is 1. The summed E-state index contributed by atoms with van der Waals surface area (Å²) in [5.74, 6) is -0.00515. The van der Waals surface area contributed by atoms with E-state index in [0.717, 1.165) is 5.76 Å². The van der Waals surface area contributed by atoms with Crippen LogP contribution in [0.25, 0.3) is 0 Å². The van der Waals surface area contributed by atoms with Gasteiger partial charge in [0, 0.05) is 12.6 Å². The predicted octanol–water partition coefficient (Wildman–Crippen LogP) is 0.684. The van der Waals surface area contributed by atoms with E-state index in [-0.39, 0.29) is 24.4 Å². The Morgan fingerprint density at radius 3 is 3.06 bits per heavy atom. The molecule has 1 aliphatic rings. The summed E-state index contributed by atoms with van der Waals surface area (Å²) in [6, 6.07) is 3.50. The van der Waals surface area contributed by atoms with Crippen molar-refractivity contribution in [3.05, 3.63) is 24.2 Å². The van der Waals surface area contributed by atoms with Crippen LogP contribution in [0.2, 0.25) is 0 Å². The maximum Gasteiger partial charge on any atom is 0.303 e. The molecule has 1 aromatic rings. The third-order valence-electron chi connectivity index (χ3n) is 3.18. The zero-order chi connectivity index (χ0) is 11.7. The fraction of sp³-hybridized carbons (Fsp3) is 0.545. The summed E-state index contributed by atoms with van der Waals surface area (Å²) >= 11 is 0. The number of hydrogen-bond acceptors (Lipinski definition) is 4. The highest BCUT2D eigenvalue weighted by atomic mass is 16.4. The van der Waals surface area contributed by atoms with E-state index in [0.29, 0.717) is 6.54 Å². The van der Waals surface area contributed by atoms with Crippen molar-refractivity contribution in [2.75, 3.05) is 13.6 Å².